The fourth-order valence-electron chi connectivity index (χ4n) is 4.80. The predicted molar refractivity (Wildman–Crippen MR) is 157 cm³/mol. The molecule has 0 fully saturated rings. The number of hydrogen-bond donors (Lipinski definition) is 1. The minimum atomic E-state index is -0.329. The normalized spacial score (nSPS) is 19.7. The van der Waals surface area contributed by atoms with Gasteiger partial charge in [0.05, 0.1) is 17.7 Å². The zero-order chi connectivity index (χ0) is 29.5. The van der Waals surface area contributed by atoms with Gasteiger partial charge in [0, 0.05) is 51.3 Å². The quantitative estimate of drug-likeness (QED) is 0.468. The standard InChI is InChI=1S/C32H37N3O6/c1-21-18-35(23(3)36)22(2)20-40-29-16-13-25(17-28(29)32(38)34(4)19-30(21)39-5)33-31(37)24-11-14-27(15-12-24)41-26-9-7-6-8-10-26/h6-17,21-22,30H,18-20H2,1-5H3,(H,33,37)/t21-,22-,30-/m1/s1. The van der Waals surface area contributed by atoms with Gasteiger partial charge in [-0.25, -0.2) is 0 Å². The van der Waals surface area contributed by atoms with Crippen LogP contribution in [0.3, 0.4) is 0 Å². The number of methoxy groups -OCH3 is 1. The average molecular weight is 560 g/mol. The van der Waals surface area contributed by atoms with Gasteiger partial charge in [-0.1, -0.05) is 25.1 Å². The van der Waals surface area contributed by atoms with Crippen molar-refractivity contribution in [3.05, 3.63) is 83.9 Å². The molecular formula is C32H37N3O6. The average Bonchev–Trinajstić information content (AvgIpc) is 2.97. The molecule has 0 aliphatic carbocycles. The maximum Gasteiger partial charge on any atom is 0.257 e. The van der Waals surface area contributed by atoms with Gasteiger partial charge in [0.2, 0.25) is 5.91 Å². The van der Waals surface area contributed by atoms with Crippen molar-refractivity contribution in [1.29, 1.82) is 0 Å². The van der Waals surface area contributed by atoms with Gasteiger partial charge in [0.25, 0.3) is 11.8 Å². The molecular weight excluding hydrogens is 522 g/mol. The van der Waals surface area contributed by atoms with E-state index in [1.807, 2.05) is 44.2 Å². The lowest BCUT2D eigenvalue weighted by Crippen LogP contribution is -2.48. The molecule has 0 spiro atoms. The first-order chi connectivity index (χ1) is 19.7. The van der Waals surface area contributed by atoms with Gasteiger partial charge in [-0.05, 0) is 61.5 Å². The molecule has 3 atom stereocenters. The molecule has 0 saturated carbocycles. The Bertz CT molecular complexity index is 1360. The first-order valence-corrected chi connectivity index (χ1v) is 13.6. The van der Waals surface area contributed by atoms with E-state index in [0.717, 1.165) is 0 Å². The largest absolute Gasteiger partial charge is 0.491 e. The minimum Gasteiger partial charge on any atom is -0.491 e. The van der Waals surface area contributed by atoms with Crippen LogP contribution in [0.25, 0.3) is 0 Å². The number of rotatable bonds is 5. The van der Waals surface area contributed by atoms with E-state index < -0.39 is 0 Å². The summed E-state index contributed by atoms with van der Waals surface area (Å²) in [5.41, 5.74) is 1.19. The number of fused-ring (bicyclic) bond motifs is 1. The molecule has 3 amide bonds. The number of likely N-dealkylation sites (N-methyl/N-ethyl adjacent to an activating group) is 1. The summed E-state index contributed by atoms with van der Waals surface area (Å²) in [5, 5.41) is 2.87. The summed E-state index contributed by atoms with van der Waals surface area (Å²) in [4.78, 5) is 42.4. The number of anilines is 1. The number of para-hydroxylation sites is 1. The van der Waals surface area contributed by atoms with E-state index in [1.54, 1.807) is 73.3 Å². The van der Waals surface area contributed by atoms with Crippen molar-refractivity contribution >= 4 is 23.4 Å². The van der Waals surface area contributed by atoms with Crippen LogP contribution < -0.4 is 14.8 Å². The van der Waals surface area contributed by atoms with Gasteiger partial charge in [-0.3, -0.25) is 14.4 Å². The number of nitrogens with one attached hydrogen (secondary N) is 1. The van der Waals surface area contributed by atoms with Crippen LogP contribution in [-0.2, 0) is 9.53 Å². The van der Waals surface area contributed by atoms with Gasteiger partial charge in [-0.15, -0.1) is 0 Å². The second kappa shape index (κ2) is 13.3. The number of hydrogen-bond acceptors (Lipinski definition) is 6. The number of amides is 3. The Morgan fingerprint density at radius 1 is 0.951 bits per heavy atom. The Kier molecular flexibility index (Phi) is 9.62. The topological polar surface area (TPSA) is 97.4 Å². The van der Waals surface area contributed by atoms with E-state index in [2.05, 4.69) is 5.32 Å². The fraction of sp³-hybridized carbons (Fsp3) is 0.344. The second-order valence-electron chi connectivity index (χ2n) is 10.4. The molecule has 4 rings (SSSR count). The van der Waals surface area contributed by atoms with E-state index >= 15 is 0 Å². The molecule has 3 aromatic rings. The summed E-state index contributed by atoms with van der Waals surface area (Å²) in [7, 11) is 3.31. The van der Waals surface area contributed by atoms with Crippen LogP contribution >= 0.6 is 0 Å². The van der Waals surface area contributed by atoms with Crippen LogP contribution in [-0.4, -0.2) is 73.5 Å². The highest BCUT2D eigenvalue weighted by atomic mass is 16.5. The highest BCUT2D eigenvalue weighted by molar-refractivity contribution is 6.05. The van der Waals surface area contributed by atoms with Crippen LogP contribution in [0.5, 0.6) is 17.2 Å². The summed E-state index contributed by atoms with van der Waals surface area (Å²) < 4.78 is 17.6. The molecule has 0 radical (unpaired) electrons. The molecule has 0 aromatic heterocycles. The van der Waals surface area contributed by atoms with E-state index in [9.17, 15) is 14.4 Å². The molecule has 9 nitrogen and oxygen atoms in total. The van der Waals surface area contributed by atoms with Gasteiger partial charge in [0.1, 0.15) is 23.9 Å². The van der Waals surface area contributed by atoms with Crippen LogP contribution in [0.15, 0.2) is 72.8 Å². The van der Waals surface area contributed by atoms with Crippen molar-refractivity contribution in [2.45, 2.75) is 32.9 Å². The van der Waals surface area contributed by atoms with Gasteiger partial charge in [0.15, 0.2) is 0 Å². The predicted octanol–water partition coefficient (Wildman–Crippen LogP) is 5.08. The van der Waals surface area contributed by atoms with Crippen molar-refractivity contribution in [3.8, 4) is 17.2 Å². The Morgan fingerprint density at radius 2 is 1.63 bits per heavy atom. The Morgan fingerprint density at radius 3 is 2.29 bits per heavy atom. The summed E-state index contributed by atoms with van der Waals surface area (Å²) in [6.45, 7) is 6.47. The maximum absolute atomic E-state index is 13.6. The summed E-state index contributed by atoms with van der Waals surface area (Å²) >= 11 is 0. The van der Waals surface area contributed by atoms with Gasteiger partial charge < -0.3 is 29.3 Å². The highest BCUT2D eigenvalue weighted by Gasteiger charge is 2.29. The third-order valence-electron chi connectivity index (χ3n) is 7.20. The summed E-state index contributed by atoms with van der Waals surface area (Å²) in [6.07, 6.45) is -0.279. The molecule has 0 unspecified atom stereocenters. The van der Waals surface area contributed by atoms with E-state index in [1.165, 1.54) is 0 Å². The summed E-state index contributed by atoms with van der Waals surface area (Å²) in [5.74, 6) is 1.03. The van der Waals surface area contributed by atoms with Crippen LogP contribution in [0, 0.1) is 5.92 Å². The monoisotopic (exact) mass is 559 g/mol. The molecule has 216 valence electrons. The lowest BCUT2D eigenvalue weighted by Gasteiger charge is -2.35. The van der Waals surface area contributed by atoms with Crippen molar-refractivity contribution in [1.82, 2.24) is 9.80 Å². The minimum absolute atomic E-state index is 0.0180. The first kappa shape index (κ1) is 29.6. The van der Waals surface area contributed by atoms with E-state index in [4.69, 9.17) is 14.2 Å². The van der Waals surface area contributed by atoms with E-state index in [0.29, 0.717) is 47.2 Å². The highest BCUT2D eigenvalue weighted by Crippen LogP contribution is 2.27. The number of carbonyl (C=O) groups is 3. The van der Waals surface area contributed by atoms with Crippen molar-refractivity contribution in [2.75, 3.05) is 39.2 Å². The van der Waals surface area contributed by atoms with Crippen LogP contribution in [0.2, 0.25) is 0 Å². The molecule has 9 heteroatoms. The lowest BCUT2D eigenvalue weighted by atomic mass is 10.0. The number of nitrogens with zero attached hydrogens (tertiary/aromatic N) is 2. The fourth-order valence-corrected chi connectivity index (χ4v) is 4.80. The molecule has 0 bridgehead atoms. The zero-order valence-electron chi connectivity index (χ0n) is 24.1. The summed E-state index contributed by atoms with van der Waals surface area (Å²) in [6, 6.07) is 21.0. The smallest absolute Gasteiger partial charge is 0.257 e. The molecule has 3 aromatic carbocycles. The van der Waals surface area contributed by atoms with Crippen molar-refractivity contribution < 1.29 is 28.6 Å². The lowest BCUT2D eigenvalue weighted by molar-refractivity contribution is -0.133. The third kappa shape index (κ3) is 7.43. The molecule has 1 heterocycles. The third-order valence-corrected chi connectivity index (χ3v) is 7.20. The van der Waals surface area contributed by atoms with Crippen LogP contribution in [0.1, 0.15) is 41.5 Å². The Labute approximate surface area is 241 Å². The Balaban J connectivity index is 1.55. The number of ether oxygens (including phenoxy) is 3. The zero-order valence-corrected chi connectivity index (χ0v) is 24.1. The molecule has 1 N–H and O–H groups in total. The van der Waals surface area contributed by atoms with Crippen molar-refractivity contribution in [2.24, 2.45) is 5.92 Å². The number of carbonyl (C=O) groups excluding carboxylic acids is 3. The van der Waals surface area contributed by atoms with Crippen LogP contribution in [0.4, 0.5) is 5.69 Å². The molecule has 0 saturated heterocycles. The molecule has 1 aliphatic rings. The van der Waals surface area contributed by atoms with Crippen molar-refractivity contribution in [3.63, 3.8) is 0 Å². The molecule has 41 heavy (non-hydrogen) atoms. The first-order valence-electron chi connectivity index (χ1n) is 13.6. The number of benzene rings is 3. The SMILES string of the molecule is CO[C@@H]1CN(C)C(=O)c2cc(NC(=O)c3ccc(Oc4ccccc4)cc3)ccc2OC[C@@H](C)N(C(C)=O)C[C@H]1C. The van der Waals surface area contributed by atoms with E-state index in [-0.39, 0.29) is 42.4 Å². The maximum atomic E-state index is 13.6. The van der Waals surface area contributed by atoms with Gasteiger partial charge >= 0.3 is 0 Å². The van der Waals surface area contributed by atoms with Gasteiger partial charge in [-0.2, -0.15) is 0 Å². The molecule has 1 aliphatic heterocycles. The Hall–Kier alpha value is -4.37. The second-order valence-corrected chi connectivity index (χ2v) is 10.4.